The second-order valence-corrected chi connectivity index (χ2v) is 11.0. The minimum atomic E-state index is -0.596. The number of fused-ring (bicyclic) bond motifs is 1. The molecule has 0 radical (unpaired) electrons. The van der Waals surface area contributed by atoms with E-state index in [9.17, 15) is 10.2 Å². The van der Waals surface area contributed by atoms with Crippen molar-refractivity contribution >= 4 is 0 Å². The molecule has 0 amide bonds. The van der Waals surface area contributed by atoms with Gasteiger partial charge in [-0.3, -0.25) is 0 Å². The third-order valence-corrected chi connectivity index (χ3v) is 8.87. The van der Waals surface area contributed by atoms with Gasteiger partial charge in [0.15, 0.2) is 0 Å². The minimum absolute atomic E-state index is 0.450. The van der Waals surface area contributed by atoms with Crippen LogP contribution >= 0.6 is 0 Å². The van der Waals surface area contributed by atoms with E-state index in [1.54, 1.807) is 5.57 Å². The standard InChI is InChI=1S/C27H43NO2/c1-18(6-5-15-28-22-10-11-22)23-12-13-24-21(7-4-14-27(23,24)3)9-8-20-16-25(29)19(2)26(30)17-20/h8-9,18,22-26,28-30H,2,4-7,10-17H2,1,3H3/b21-9+/t18-,23?,24?,25-,26-,27-/m1/s1. The lowest BCUT2D eigenvalue weighted by atomic mass is 9.60. The number of aliphatic hydroxyl groups is 2. The lowest BCUT2D eigenvalue weighted by molar-refractivity contribution is 0.0934. The van der Waals surface area contributed by atoms with Gasteiger partial charge in [-0.05, 0) is 106 Å². The second kappa shape index (κ2) is 9.30. The summed E-state index contributed by atoms with van der Waals surface area (Å²) in [6.45, 7) is 10.1. The van der Waals surface area contributed by atoms with Crippen LogP contribution in [0.3, 0.4) is 0 Å². The van der Waals surface area contributed by atoms with E-state index in [4.69, 9.17) is 0 Å². The Kier molecular flexibility index (Phi) is 6.91. The van der Waals surface area contributed by atoms with E-state index in [0.29, 0.717) is 29.7 Å². The molecule has 0 saturated heterocycles. The van der Waals surface area contributed by atoms with Gasteiger partial charge in [0.2, 0.25) is 0 Å². The van der Waals surface area contributed by atoms with Crippen LogP contribution in [0.2, 0.25) is 0 Å². The van der Waals surface area contributed by atoms with Crippen molar-refractivity contribution in [2.75, 3.05) is 6.54 Å². The van der Waals surface area contributed by atoms with Crippen molar-refractivity contribution in [3.63, 3.8) is 0 Å². The Bertz CT molecular complexity index is 675. The van der Waals surface area contributed by atoms with Crippen LogP contribution in [0.1, 0.15) is 84.5 Å². The highest BCUT2D eigenvalue weighted by molar-refractivity contribution is 5.29. The van der Waals surface area contributed by atoms with Crippen LogP contribution in [0.4, 0.5) is 0 Å². The van der Waals surface area contributed by atoms with E-state index in [-0.39, 0.29) is 0 Å². The van der Waals surface area contributed by atoms with Gasteiger partial charge >= 0.3 is 0 Å². The molecule has 0 aromatic carbocycles. The van der Waals surface area contributed by atoms with Gasteiger partial charge in [-0.1, -0.05) is 43.7 Å². The van der Waals surface area contributed by atoms with Crippen molar-refractivity contribution in [1.82, 2.24) is 5.32 Å². The maximum Gasteiger partial charge on any atom is 0.0809 e. The molecule has 4 fully saturated rings. The summed E-state index contributed by atoms with van der Waals surface area (Å²) >= 11 is 0. The predicted molar refractivity (Wildman–Crippen MR) is 124 cm³/mol. The van der Waals surface area contributed by atoms with Crippen molar-refractivity contribution in [2.24, 2.45) is 23.2 Å². The Morgan fingerprint density at radius 3 is 2.57 bits per heavy atom. The fourth-order valence-electron chi connectivity index (χ4n) is 6.86. The van der Waals surface area contributed by atoms with Crippen molar-refractivity contribution in [1.29, 1.82) is 0 Å². The number of allylic oxidation sites excluding steroid dienone is 3. The zero-order valence-electron chi connectivity index (χ0n) is 19.2. The van der Waals surface area contributed by atoms with Crippen molar-refractivity contribution in [3.8, 4) is 0 Å². The van der Waals surface area contributed by atoms with Gasteiger partial charge in [0.05, 0.1) is 12.2 Å². The van der Waals surface area contributed by atoms with Gasteiger partial charge in [-0.25, -0.2) is 0 Å². The molecular weight excluding hydrogens is 370 g/mol. The van der Waals surface area contributed by atoms with Gasteiger partial charge in [-0.15, -0.1) is 0 Å². The Labute approximate surface area is 183 Å². The summed E-state index contributed by atoms with van der Waals surface area (Å²) in [6, 6.07) is 0.832. The first-order valence-electron chi connectivity index (χ1n) is 12.5. The minimum Gasteiger partial charge on any atom is -0.388 e. The summed E-state index contributed by atoms with van der Waals surface area (Å²) in [5.74, 6) is 2.38. The average molecular weight is 414 g/mol. The molecule has 3 nitrogen and oxygen atoms in total. The van der Waals surface area contributed by atoms with E-state index >= 15 is 0 Å². The third kappa shape index (κ3) is 4.79. The highest BCUT2D eigenvalue weighted by Crippen LogP contribution is 2.59. The largest absolute Gasteiger partial charge is 0.388 e. The summed E-state index contributed by atoms with van der Waals surface area (Å²) in [5, 5.41) is 24.0. The van der Waals surface area contributed by atoms with Crippen LogP contribution in [-0.4, -0.2) is 35.0 Å². The average Bonchev–Trinajstić information content (AvgIpc) is 3.47. The molecule has 3 heteroatoms. The molecule has 4 aliphatic carbocycles. The van der Waals surface area contributed by atoms with Gasteiger partial charge in [0.25, 0.3) is 0 Å². The summed E-state index contributed by atoms with van der Waals surface area (Å²) in [5.41, 5.74) is 3.80. The number of aliphatic hydroxyl groups excluding tert-OH is 2. The quantitative estimate of drug-likeness (QED) is 0.392. The summed E-state index contributed by atoms with van der Waals surface area (Å²) < 4.78 is 0. The second-order valence-electron chi connectivity index (χ2n) is 11.0. The fourth-order valence-corrected chi connectivity index (χ4v) is 6.86. The van der Waals surface area contributed by atoms with Gasteiger partial charge in [0, 0.05) is 6.04 Å². The number of rotatable bonds is 7. The van der Waals surface area contributed by atoms with Gasteiger partial charge in [-0.2, -0.15) is 0 Å². The number of hydrogen-bond acceptors (Lipinski definition) is 3. The molecule has 2 unspecified atom stereocenters. The summed E-state index contributed by atoms with van der Waals surface area (Å²) in [7, 11) is 0. The van der Waals surface area contributed by atoms with Crippen molar-refractivity contribution < 1.29 is 10.2 Å². The fraction of sp³-hybridized carbons (Fsp3) is 0.778. The van der Waals surface area contributed by atoms with E-state index in [0.717, 1.165) is 23.5 Å². The topological polar surface area (TPSA) is 52.5 Å². The normalized spacial score (nSPS) is 39.3. The molecule has 0 heterocycles. The molecule has 0 bridgehead atoms. The molecule has 6 atom stereocenters. The Balaban J connectivity index is 1.38. The SMILES string of the molecule is C=C1[C@H](O)CC(=C/C=C2\CCC[C@@]3(C)C2CCC3[C@H](C)CCCNC2CC2)C[C@H]1O. The molecule has 0 aromatic rings. The molecule has 4 rings (SSSR count). The van der Waals surface area contributed by atoms with Crippen LogP contribution in [0.15, 0.2) is 35.5 Å². The maximum absolute atomic E-state index is 10.1. The summed E-state index contributed by atoms with van der Waals surface area (Å²) in [4.78, 5) is 0. The van der Waals surface area contributed by atoms with Crippen molar-refractivity contribution in [2.45, 2.75) is 103 Å². The van der Waals surface area contributed by atoms with E-state index in [1.165, 1.54) is 64.3 Å². The van der Waals surface area contributed by atoms with E-state index < -0.39 is 12.2 Å². The molecular formula is C27H43NO2. The van der Waals surface area contributed by atoms with Crippen LogP contribution in [0.5, 0.6) is 0 Å². The van der Waals surface area contributed by atoms with Gasteiger partial charge < -0.3 is 15.5 Å². The first-order chi connectivity index (χ1) is 14.4. The Morgan fingerprint density at radius 1 is 1.13 bits per heavy atom. The van der Waals surface area contributed by atoms with Crippen LogP contribution < -0.4 is 5.32 Å². The smallest absolute Gasteiger partial charge is 0.0809 e. The molecule has 0 aliphatic heterocycles. The number of hydrogen-bond donors (Lipinski definition) is 3. The van der Waals surface area contributed by atoms with Crippen LogP contribution in [0, 0.1) is 23.2 Å². The Hall–Kier alpha value is -0.900. The molecule has 0 spiro atoms. The third-order valence-electron chi connectivity index (χ3n) is 8.87. The number of nitrogens with one attached hydrogen (secondary N) is 1. The molecule has 168 valence electrons. The highest BCUT2D eigenvalue weighted by Gasteiger charge is 2.50. The first-order valence-corrected chi connectivity index (χ1v) is 12.5. The predicted octanol–water partition coefficient (Wildman–Crippen LogP) is 5.30. The first kappa shape index (κ1) is 22.3. The molecule has 3 N–H and O–H groups in total. The van der Waals surface area contributed by atoms with Crippen molar-refractivity contribution in [3.05, 3.63) is 35.5 Å². The van der Waals surface area contributed by atoms with Gasteiger partial charge in [0.1, 0.15) is 0 Å². The summed E-state index contributed by atoms with van der Waals surface area (Å²) in [6.07, 6.45) is 16.7. The van der Waals surface area contributed by atoms with E-state index in [2.05, 4.69) is 37.9 Å². The lowest BCUT2D eigenvalue weighted by Crippen LogP contribution is -2.36. The molecule has 0 aromatic heterocycles. The highest BCUT2D eigenvalue weighted by atomic mass is 16.3. The molecule has 30 heavy (non-hydrogen) atoms. The van der Waals surface area contributed by atoms with Crippen LogP contribution in [0.25, 0.3) is 0 Å². The van der Waals surface area contributed by atoms with Crippen LogP contribution in [-0.2, 0) is 0 Å². The Morgan fingerprint density at radius 2 is 1.87 bits per heavy atom. The molecule has 4 aliphatic rings. The maximum atomic E-state index is 10.1. The van der Waals surface area contributed by atoms with E-state index in [1.807, 2.05) is 0 Å². The lowest BCUT2D eigenvalue weighted by Gasteiger charge is -2.44. The zero-order valence-corrected chi connectivity index (χ0v) is 19.2. The zero-order chi connectivity index (χ0) is 21.3. The monoisotopic (exact) mass is 413 g/mol. The molecule has 4 saturated carbocycles.